The minimum atomic E-state index is -0.728. The smallest absolute Gasteiger partial charge is 0.264 e. The molecule has 0 saturated carbocycles. The van der Waals surface area contributed by atoms with Gasteiger partial charge in [0.15, 0.2) is 11.5 Å². The first-order valence-corrected chi connectivity index (χ1v) is 10.7. The number of fused-ring (bicyclic) bond motifs is 1. The third kappa shape index (κ3) is 3.76. The first-order valence-electron chi connectivity index (χ1n) is 10.7. The molecule has 0 spiro atoms. The van der Waals surface area contributed by atoms with E-state index in [1.165, 1.54) is 4.90 Å². The number of ether oxygens (including phenoxy) is 2. The average molecular weight is 434 g/mol. The van der Waals surface area contributed by atoms with Crippen LogP contribution in [0.15, 0.2) is 36.4 Å². The van der Waals surface area contributed by atoms with Gasteiger partial charge in [-0.05, 0) is 36.8 Å². The predicted molar refractivity (Wildman–Crippen MR) is 119 cm³/mol. The molecule has 2 heterocycles. The first kappa shape index (κ1) is 21.7. The maximum atomic E-state index is 13.6. The van der Waals surface area contributed by atoms with Crippen molar-refractivity contribution < 1.29 is 19.1 Å². The average Bonchev–Trinajstić information content (AvgIpc) is 3.08. The molecule has 0 unspecified atom stereocenters. The van der Waals surface area contributed by atoms with Crippen molar-refractivity contribution in [2.75, 3.05) is 44.8 Å². The fourth-order valence-electron chi connectivity index (χ4n) is 4.35. The van der Waals surface area contributed by atoms with Gasteiger partial charge >= 0.3 is 0 Å². The monoisotopic (exact) mass is 434 g/mol. The van der Waals surface area contributed by atoms with Crippen LogP contribution in [0.2, 0.25) is 0 Å². The van der Waals surface area contributed by atoms with Gasteiger partial charge in [-0.2, -0.15) is 5.26 Å². The number of amides is 2. The van der Waals surface area contributed by atoms with E-state index < -0.39 is 6.04 Å². The van der Waals surface area contributed by atoms with E-state index in [0.29, 0.717) is 34.8 Å². The number of carbonyl (C=O) groups excluding carboxylic acids is 2. The zero-order chi connectivity index (χ0) is 22.7. The van der Waals surface area contributed by atoms with Gasteiger partial charge in [-0.25, -0.2) is 0 Å². The molecule has 166 valence electrons. The molecule has 1 atom stereocenters. The minimum Gasteiger partial charge on any atom is -0.493 e. The Hall–Kier alpha value is -3.57. The molecule has 32 heavy (non-hydrogen) atoms. The van der Waals surface area contributed by atoms with Crippen molar-refractivity contribution in [3.05, 3.63) is 53.1 Å². The van der Waals surface area contributed by atoms with Gasteiger partial charge in [-0.15, -0.1) is 0 Å². The second kappa shape index (κ2) is 9.28. The minimum absolute atomic E-state index is 0.0215. The van der Waals surface area contributed by atoms with Crippen LogP contribution in [-0.2, 0) is 0 Å². The van der Waals surface area contributed by atoms with Crippen LogP contribution >= 0.6 is 0 Å². The number of anilines is 1. The number of benzene rings is 2. The Balaban J connectivity index is 1.74. The van der Waals surface area contributed by atoms with Gasteiger partial charge in [0.05, 0.1) is 49.1 Å². The van der Waals surface area contributed by atoms with Crippen LogP contribution in [0.4, 0.5) is 5.69 Å². The van der Waals surface area contributed by atoms with Crippen molar-refractivity contribution >= 4 is 17.5 Å². The summed E-state index contributed by atoms with van der Waals surface area (Å²) in [7, 11) is 1.55. The van der Waals surface area contributed by atoms with Crippen molar-refractivity contribution in [1.82, 2.24) is 10.2 Å². The number of methoxy groups -OCH3 is 1. The summed E-state index contributed by atoms with van der Waals surface area (Å²) in [5.74, 6) is 0.312. The number of rotatable bonds is 7. The third-order valence-electron chi connectivity index (χ3n) is 5.85. The van der Waals surface area contributed by atoms with Crippen LogP contribution in [0.3, 0.4) is 0 Å². The summed E-state index contributed by atoms with van der Waals surface area (Å²) < 4.78 is 11.0. The molecule has 2 aliphatic heterocycles. The van der Waals surface area contributed by atoms with E-state index in [-0.39, 0.29) is 18.2 Å². The number of piperazine rings is 1. The molecule has 0 radical (unpaired) electrons. The molecule has 1 saturated heterocycles. The summed E-state index contributed by atoms with van der Waals surface area (Å²) in [5, 5.41) is 12.8. The number of hydrogen-bond acceptors (Lipinski definition) is 7. The zero-order valence-corrected chi connectivity index (χ0v) is 18.3. The molecule has 2 amide bonds. The summed E-state index contributed by atoms with van der Waals surface area (Å²) >= 11 is 0. The molecule has 0 bridgehead atoms. The molecule has 1 fully saturated rings. The van der Waals surface area contributed by atoms with Gasteiger partial charge in [0.25, 0.3) is 11.8 Å². The molecular weight excluding hydrogens is 408 g/mol. The van der Waals surface area contributed by atoms with Gasteiger partial charge in [-0.3, -0.25) is 14.5 Å². The van der Waals surface area contributed by atoms with Crippen molar-refractivity contribution in [2.45, 2.75) is 19.4 Å². The van der Waals surface area contributed by atoms with E-state index in [9.17, 15) is 14.9 Å². The fraction of sp³-hybridized carbons (Fsp3) is 0.375. The van der Waals surface area contributed by atoms with Crippen LogP contribution in [0.5, 0.6) is 11.5 Å². The highest BCUT2D eigenvalue weighted by Gasteiger charge is 2.43. The lowest BCUT2D eigenvalue weighted by Gasteiger charge is -2.30. The quantitative estimate of drug-likeness (QED) is 0.670. The maximum Gasteiger partial charge on any atom is 0.264 e. The second-order valence-electron chi connectivity index (χ2n) is 7.64. The number of nitriles is 1. The lowest BCUT2D eigenvalue weighted by Crippen LogP contribution is -2.44. The highest BCUT2D eigenvalue weighted by molar-refractivity contribution is 6.24. The van der Waals surface area contributed by atoms with Crippen molar-refractivity contribution in [2.24, 2.45) is 0 Å². The Bertz CT molecular complexity index is 1070. The molecule has 8 heteroatoms. The van der Waals surface area contributed by atoms with Crippen molar-refractivity contribution in [3.8, 4) is 17.6 Å². The van der Waals surface area contributed by atoms with Gasteiger partial charge in [0, 0.05) is 26.2 Å². The number of nitrogens with one attached hydrogen (secondary N) is 1. The summed E-state index contributed by atoms with van der Waals surface area (Å²) in [6.45, 7) is 5.45. The van der Waals surface area contributed by atoms with Crippen molar-refractivity contribution in [3.63, 3.8) is 0 Å². The summed E-state index contributed by atoms with van der Waals surface area (Å²) in [6, 6.07) is 12.0. The largest absolute Gasteiger partial charge is 0.493 e. The van der Waals surface area contributed by atoms with E-state index >= 15 is 0 Å². The number of imide groups is 1. The fourth-order valence-corrected chi connectivity index (χ4v) is 4.35. The zero-order valence-electron chi connectivity index (χ0n) is 18.3. The third-order valence-corrected chi connectivity index (χ3v) is 5.85. The molecule has 2 aliphatic rings. The lowest BCUT2D eigenvalue weighted by molar-refractivity contribution is 0.0584. The van der Waals surface area contributed by atoms with E-state index in [4.69, 9.17) is 9.47 Å². The molecule has 1 N–H and O–H groups in total. The van der Waals surface area contributed by atoms with Crippen molar-refractivity contribution in [1.29, 1.82) is 5.26 Å². The Morgan fingerprint density at radius 1 is 1.12 bits per heavy atom. The van der Waals surface area contributed by atoms with Crippen LogP contribution in [0.25, 0.3) is 0 Å². The highest BCUT2D eigenvalue weighted by Crippen LogP contribution is 2.39. The standard InChI is InChI=1S/C24H26N4O4/c1-3-32-21-15-16(7-8-20(21)31-2)18(9-10-25)28-23(29)17-5-4-6-19(22(17)24(28)30)27-13-11-26-12-14-27/h4-8,15,18,26H,3,9,11-14H2,1-2H3/t18-/m1/s1. The van der Waals surface area contributed by atoms with E-state index in [0.717, 1.165) is 31.9 Å². The molecule has 2 aromatic carbocycles. The summed E-state index contributed by atoms with van der Waals surface area (Å²) in [6.07, 6.45) is -0.0215. The topological polar surface area (TPSA) is 94.9 Å². The molecule has 0 aromatic heterocycles. The van der Waals surface area contributed by atoms with E-state index in [1.807, 2.05) is 19.1 Å². The van der Waals surface area contributed by atoms with E-state index in [2.05, 4.69) is 16.3 Å². The predicted octanol–water partition coefficient (Wildman–Crippen LogP) is 2.75. The highest BCUT2D eigenvalue weighted by atomic mass is 16.5. The lowest BCUT2D eigenvalue weighted by atomic mass is 10.0. The number of nitrogens with zero attached hydrogens (tertiary/aromatic N) is 3. The Morgan fingerprint density at radius 3 is 2.59 bits per heavy atom. The molecule has 0 aliphatic carbocycles. The Kier molecular flexibility index (Phi) is 6.28. The Labute approximate surface area is 187 Å². The van der Waals surface area contributed by atoms with Gasteiger partial charge in [0.2, 0.25) is 0 Å². The SMILES string of the molecule is CCOc1cc([C@@H](CC#N)N2C(=O)c3cccc(N4CCNCC4)c3C2=O)ccc1OC. The first-order chi connectivity index (χ1) is 15.6. The Morgan fingerprint density at radius 2 is 1.91 bits per heavy atom. The maximum absolute atomic E-state index is 13.6. The van der Waals surface area contributed by atoms with Gasteiger partial charge in [-0.1, -0.05) is 12.1 Å². The normalized spacial score (nSPS) is 16.5. The van der Waals surface area contributed by atoms with Crippen LogP contribution < -0.4 is 19.7 Å². The van der Waals surface area contributed by atoms with Gasteiger partial charge < -0.3 is 19.7 Å². The summed E-state index contributed by atoms with van der Waals surface area (Å²) in [5.41, 5.74) is 2.22. The number of hydrogen-bond donors (Lipinski definition) is 1. The van der Waals surface area contributed by atoms with Crippen LogP contribution in [0.1, 0.15) is 45.7 Å². The second-order valence-corrected chi connectivity index (χ2v) is 7.64. The number of carbonyl (C=O) groups is 2. The molecule has 4 rings (SSSR count). The van der Waals surface area contributed by atoms with Crippen LogP contribution in [0, 0.1) is 11.3 Å². The summed E-state index contributed by atoms with van der Waals surface area (Å²) in [4.78, 5) is 30.3. The molecular formula is C24H26N4O4. The molecule has 8 nitrogen and oxygen atoms in total. The molecule has 2 aromatic rings. The van der Waals surface area contributed by atoms with Gasteiger partial charge in [0.1, 0.15) is 0 Å². The van der Waals surface area contributed by atoms with E-state index in [1.54, 1.807) is 31.4 Å². The van der Waals surface area contributed by atoms with Crippen LogP contribution in [-0.4, -0.2) is 56.6 Å².